The molecule has 1 N–H and O–H groups in total. The van der Waals surface area contributed by atoms with E-state index in [-0.39, 0.29) is 11.8 Å². The molecule has 1 saturated heterocycles. The Morgan fingerprint density at radius 3 is 2.52 bits per heavy atom. The first-order valence-corrected chi connectivity index (χ1v) is 10.2. The summed E-state index contributed by atoms with van der Waals surface area (Å²) >= 11 is 12.4. The number of rotatable bonds is 1. The van der Waals surface area contributed by atoms with Crippen LogP contribution in [0.5, 0.6) is 5.75 Å². The lowest BCUT2D eigenvalue weighted by Gasteiger charge is -2.49. The van der Waals surface area contributed by atoms with Crippen LogP contribution >= 0.6 is 23.2 Å². The van der Waals surface area contributed by atoms with Crippen molar-refractivity contribution in [2.24, 2.45) is 5.10 Å². The number of likely N-dealkylation sites (tertiary alicyclic amines) is 1. The van der Waals surface area contributed by atoms with E-state index in [1.165, 1.54) is 0 Å². The number of hydrogen-bond donors (Lipinski definition) is 1. The van der Waals surface area contributed by atoms with Crippen LogP contribution in [-0.4, -0.2) is 36.6 Å². The summed E-state index contributed by atoms with van der Waals surface area (Å²) in [5, 5.41) is 8.77. The van der Waals surface area contributed by atoms with Crippen molar-refractivity contribution in [3.63, 3.8) is 0 Å². The standard InChI is InChI=1S/C21H21Cl2N3O/c1-25-10-8-21(9-11-25)26-19(17-12-16(23)6-7-20(17)27-21)13-18(24-26)14-2-4-15(22)5-3-14/h2-7,12,19H,8-11,13H2,1H3/p+1/t19-/m0/s1. The lowest BCUT2D eigenvalue weighted by Crippen LogP contribution is -3.11. The first kappa shape index (κ1) is 17.4. The first-order valence-electron chi connectivity index (χ1n) is 9.47. The van der Waals surface area contributed by atoms with Crippen LogP contribution < -0.4 is 9.64 Å². The molecule has 6 heteroatoms. The van der Waals surface area contributed by atoms with Gasteiger partial charge in [-0.1, -0.05) is 35.3 Å². The van der Waals surface area contributed by atoms with E-state index in [0.29, 0.717) is 0 Å². The highest BCUT2D eigenvalue weighted by molar-refractivity contribution is 6.31. The van der Waals surface area contributed by atoms with Crippen molar-refractivity contribution in [2.75, 3.05) is 20.1 Å². The molecule has 0 saturated carbocycles. The molecule has 0 unspecified atom stereocenters. The van der Waals surface area contributed by atoms with E-state index in [0.717, 1.165) is 65.0 Å². The average molecular weight is 403 g/mol. The van der Waals surface area contributed by atoms with Crippen LogP contribution in [-0.2, 0) is 0 Å². The number of nitrogens with zero attached hydrogens (tertiary/aromatic N) is 2. The van der Waals surface area contributed by atoms with Gasteiger partial charge in [-0.3, -0.25) is 0 Å². The van der Waals surface area contributed by atoms with Crippen LogP contribution in [0.4, 0.5) is 0 Å². The highest BCUT2D eigenvalue weighted by Gasteiger charge is 2.52. The van der Waals surface area contributed by atoms with Crippen molar-refractivity contribution in [3.05, 3.63) is 63.6 Å². The van der Waals surface area contributed by atoms with E-state index < -0.39 is 0 Å². The SMILES string of the molecule is C[NH+]1CCC2(CC1)Oc1ccc(Cl)cc1[C@@H]1CC(c3ccc(Cl)cc3)=NN12. The first-order chi connectivity index (χ1) is 13.0. The normalized spacial score (nSPS) is 29.1. The van der Waals surface area contributed by atoms with Crippen molar-refractivity contribution in [1.29, 1.82) is 0 Å². The van der Waals surface area contributed by atoms with Crippen molar-refractivity contribution >= 4 is 28.9 Å². The molecule has 3 aliphatic heterocycles. The molecule has 0 amide bonds. The highest BCUT2D eigenvalue weighted by Crippen LogP contribution is 2.49. The van der Waals surface area contributed by atoms with Gasteiger partial charge in [0.2, 0.25) is 5.72 Å². The lowest BCUT2D eigenvalue weighted by molar-refractivity contribution is -0.888. The van der Waals surface area contributed by atoms with Crippen LogP contribution in [0.25, 0.3) is 0 Å². The maximum absolute atomic E-state index is 6.61. The van der Waals surface area contributed by atoms with Gasteiger partial charge in [-0.05, 0) is 35.9 Å². The molecule has 0 bridgehead atoms. The molecule has 0 aliphatic carbocycles. The Kier molecular flexibility index (Phi) is 4.12. The van der Waals surface area contributed by atoms with E-state index in [1.54, 1.807) is 4.90 Å². The van der Waals surface area contributed by atoms with E-state index in [9.17, 15) is 0 Å². The summed E-state index contributed by atoms with van der Waals surface area (Å²) < 4.78 is 6.61. The maximum Gasteiger partial charge on any atom is 0.208 e. The molecule has 1 atom stereocenters. The Labute approximate surface area is 169 Å². The van der Waals surface area contributed by atoms with E-state index in [1.807, 2.05) is 42.5 Å². The van der Waals surface area contributed by atoms with Crippen molar-refractivity contribution < 1.29 is 9.64 Å². The number of halogens is 2. The lowest BCUT2D eigenvalue weighted by atomic mass is 9.91. The Balaban J connectivity index is 1.58. The summed E-state index contributed by atoms with van der Waals surface area (Å²) in [4.78, 5) is 1.55. The zero-order chi connectivity index (χ0) is 18.6. The summed E-state index contributed by atoms with van der Waals surface area (Å²) in [5.74, 6) is 0.952. The molecular formula is C21H22Cl2N3O+. The quantitative estimate of drug-likeness (QED) is 0.790. The van der Waals surface area contributed by atoms with Gasteiger partial charge in [-0.15, -0.1) is 0 Å². The Bertz CT molecular complexity index is 904. The molecule has 27 heavy (non-hydrogen) atoms. The van der Waals surface area contributed by atoms with Gasteiger partial charge in [0.05, 0.1) is 44.7 Å². The molecule has 2 aromatic carbocycles. The smallest absolute Gasteiger partial charge is 0.208 e. The predicted octanol–water partition coefficient (Wildman–Crippen LogP) is 3.54. The summed E-state index contributed by atoms with van der Waals surface area (Å²) in [6, 6.07) is 14.1. The fourth-order valence-corrected chi connectivity index (χ4v) is 4.77. The molecule has 1 fully saturated rings. The van der Waals surface area contributed by atoms with Crippen molar-refractivity contribution in [1.82, 2.24) is 5.01 Å². The third-order valence-electron chi connectivity index (χ3n) is 6.02. The Morgan fingerprint density at radius 1 is 1.07 bits per heavy atom. The zero-order valence-corrected chi connectivity index (χ0v) is 16.7. The molecule has 140 valence electrons. The number of quaternary nitrogens is 1. The Hall–Kier alpha value is -1.75. The number of nitrogens with one attached hydrogen (secondary N) is 1. The van der Waals surface area contributed by atoms with Gasteiger partial charge in [0.25, 0.3) is 0 Å². The monoisotopic (exact) mass is 402 g/mol. The van der Waals surface area contributed by atoms with Gasteiger partial charge in [-0.2, -0.15) is 5.10 Å². The fraction of sp³-hybridized carbons (Fsp3) is 0.381. The number of ether oxygens (including phenoxy) is 1. The van der Waals surface area contributed by atoms with Crippen molar-refractivity contribution in [3.8, 4) is 5.75 Å². The van der Waals surface area contributed by atoms with Crippen LogP contribution in [0.2, 0.25) is 10.0 Å². The fourth-order valence-electron chi connectivity index (χ4n) is 4.47. The van der Waals surface area contributed by atoms with Gasteiger partial charge in [0.15, 0.2) is 0 Å². The third kappa shape index (κ3) is 2.91. The predicted molar refractivity (Wildman–Crippen MR) is 108 cm³/mol. The van der Waals surface area contributed by atoms with E-state index in [4.69, 9.17) is 33.0 Å². The van der Waals surface area contributed by atoms with Crippen molar-refractivity contribution in [2.45, 2.75) is 31.0 Å². The Morgan fingerprint density at radius 2 is 1.78 bits per heavy atom. The number of benzene rings is 2. The summed E-state index contributed by atoms with van der Waals surface area (Å²) in [5.41, 5.74) is 2.97. The molecular weight excluding hydrogens is 381 g/mol. The van der Waals surface area contributed by atoms with E-state index in [2.05, 4.69) is 12.1 Å². The second-order valence-corrected chi connectivity index (χ2v) is 8.68. The molecule has 4 nitrogen and oxygen atoms in total. The highest BCUT2D eigenvalue weighted by atomic mass is 35.5. The second-order valence-electron chi connectivity index (χ2n) is 7.81. The minimum atomic E-state index is -0.362. The average Bonchev–Trinajstić information content (AvgIpc) is 3.12. The largest absolute Gasteiger partial charge is 0.466 e. The minimum absolute atomic E-state index is 0.163. The number of piperidine rings is 1. The van der Waals surface area contributed by atoms with Crippen LogP contribution in [0.3, 0.4) is 0 Å². The maximum atomic E-state index is 6.61. The molecule has 3 aliphatic rings. The summed E-state index contributed by atoms with van der Waals surface area (Å²) in [7, 11) is 2.24. The minimum Gasteiger partial charge on any atom is -0.466 e. The molecule has 2 aromatic rings. The molecule has 0 radical (unpaired) electrons. The molecule has 1 spiro atoms. The molecule has 3 heterocycles. The summed E-state index contributed by atoms with van der Waals surface area (Å²) in [6.07, 6.45) is 2.78. The van der Waals surface area contributed by atoms with Gasteiger partial charge < -0.3 is 9.64 Å². The molecule has 5 rings (SSSR count). The number of hydrazone groups is 1. The number of hydrogen-bond acceptors (Lipinski definition) is 3. The topological polar surface area (TPSA) is 29.3 Å². The van der Waals surface area contributed by atoms with Crippen LogP contribution in [0.1, 0.15) is 36.4 Å². The van der Waals surface area contributed by atoms with Gasteiger partial charge in [0.1, 0.15) is 5.75 Å². The molecule has 0 aromatic heterocycles. The second kappa shape index (κ2) is 6.40. The van der Waals surface area contributed by atoms with Crippen LogP contribution in [0, 0.1) is 0 Å². The zero-order valence-electron chi connectivity index (χ0n) is 15.2. The van der Waals surface area contributed by atoms with Gasteiger partial charge >= 0.3 is 0 Å². The van der Waals surface area contributed by atoms with Crippen LogP contribution in [0.15, 0.2) is 47.6 Å². The van der Waals surface area contributed by atoms with Gasteiger partial charge in [-0.25, -0.2) is 5.01 Å². The van der Waals surface area contributed by atoms with E-state index >= 15 is 0 Å². The van der Waals surface area contributed by atoms with Gasteiger partial charge in [0, 0.05) is 22.0 Å². The summed E-state index contributed by atoms with van der Waals surface area (Å²) in [6.45, 7) is 2.16. The third-order valence-corrected chi connectivity index (χ3v) is 6.51. The number of fused-ring (bicyclic) bond motifs is 4.